The van der Waals surface area contributed by atoms with Crippen molar-refractivity contribution in [3.8, 4) is 0 Å². The van der Waals surface area contributed by atoms with Crippen molar-refractivity contribution in [3.63, 3.8) is 0 Å². The minimum atomic E-state index is -0.164. The molecule has 2 rings (SSSR count). The first-order valence-electron chi connectivity index (χ1n) is 5.56. The van der Waals surface area contributed by atoms with Crippen LogP contribution in [0.4, 0.5) is 0 Å². The fraction of sp³-hybridized carbons (Fsp3) is 0.500. The lowest BCUT2D eigenvalue weighted by Gasteiger charge is -2.21. The van der Waals surface area contributed by atoms with E-state index in [4.69, 9.17) is 32.7 Å². The SMILES string of the molecule is CNC(CC1OCCO1)c1cccc(Cl)c1Cl. The standard InChI is InChI=1S/C12H15Cl2NO2/c1-15-10(7-11-16-5-6-17-11)8-3-2-4-9(13)12(8)14/h2-4,10-11,15H,5-7H2,1H3. The summed E-state index contributed by atoms with van der Waals surface area (Å²) >= 11 is 12.2. The fourth-order valence-electron chi connectivity index (χ4n) is 1.93. The van der Waals surface area contributed by atoms with E-state index in [1.165, 1.54) is 0 Å². The number of nitrogens with one attached hydrogen (secondary N) is 1. The van der Waals surface area contributed by atoms with Gasteiger partial charge in [-0.25, -0.2) is 0 Å². The molecule has 1 fully saturated rings. The molecule has 0 spiro atoms. The molecule has 1 N–H and O–H groups in total. The van der Waals surface area contributed by atoms with Gasteiger partial charge in [0.05, 0.1) is 23.3 Å². The number of halogens is 2. The van der Waals surface area contributed by atoms with Crippen LogP contribution in [-0.2, 0) is 9.47 Å². The summed E-state index contributed by atoms with van der Waals surface area (Å²) in [6.45, 7) is 1.31. The molecule has 1 aliphatic rings. The van der Waals surface area contributed by atoms with Crippen LogP contribution in [-0.4, -0.2) is 26.6 Å². The number of benzene rings is 1. The summed E-state index contributed by atoms with van der Waals surface area (Å²) < 4.78 is 10.9. The van der Waals surface area contributed by atoms with Crippen LogP contribution in [0.5, 0.6) is 0 Å². The predicted molar refractivity (Wildman–Crippen MR) is 68.6 cm³/mol. The first-order valence-corrected chi connectivity index (χ1v) is 6.32. The summed E-state index contributed by atoms with van der Waals surface area (Å²) in [5.41, 5.74) is 0.973. The third-order valence-corrected chi connectivity index (χ3v) is 3.66. The zero-order valence-corrected chi connectivity index (χ0v) is 11.1. The Labute approximate surface area is 111 Å². The van der Waals surface area contributed by atoms with Gasteiger partial charge >= 0.3 is 0 Å². The molecule has 1 aromatic rings. The van der Waals surface area contributed by atoms with Gasteiger partial charge in [-0.2, -0.15) is 0 Å². The van der Waals surface area contributed by atoms with E-state index in [0.717, 1.165) is 12.0 Å². The fourth-order valence-corrected chi connectivity index (χ4v) is 2.37. The van der Waals surface area contributed by atoms with E-state index < -0.39 is 0 Å². The highest BCUT2D eigenvalue weighted by molar-refractivity contribution is 6.42. The van der Waals surface area contributed by atoms with Gasteiger partial charge in [-0.3, -0.25) is 0 Å². The van der Waals surface area contributed by atoms with Gasteiger partial charge in [0.2, 0.25) is 0 Å². The second-order valence-corrected chi connectivity index (χ2v) is 4.68. The lowest BCUT2D eigenvalue weighted by Crippen LogP contribution is -2.23. The zero-order chi connectivity index (χ0) is 12.3. The number of rotatable bonds is 4. The highest BCUT2D eigenvalue weighted by atomic mass is 35.5. The smallest absolute Gasteiger partial charge is 0.159 e. The first-order chi connectivity index (χ1) is 8.22. The molecule has 1 atom stereocenters. The normalized spacial score (nSPS) is 18.5. The van der Waals surface area contributed by atoms with Crippen LogP contribution < -0.4 is 5.32 Å². The van der Waals surface area contributed by atoms with Crippen molar-refractivity contribution in [2.75, 3.05) is 20.3 Å². The highest BCUT2D eigenvalue weighted by Crippen LogP contribution is 2.32. The predicted octanol–water partition coefficient (Wildman–Crippen LogP) is 3.02. The Kier molecular flexibility index (Phi) is 4.65. The summed E-state index contributed by atoms with van der Waals surface area (Å²) in [4.78, 5) is 0. The van der Waals surface area contributed by atoms with Crippen molar-refractivity contribution in [2.24, 2.45) is 0 Å². The third-order valence-electron chi connectivity index (χ3n) is 2.82. The molecule has 0 saturated carbocycles. The van der Waals surface area contributed by atoms with Crippen LogP contribution in [0.15, 0.2) is 18.2 Å². The van der Waals surface area contributed by atoms with Crippen LogP contribution in [0.1, 0.15) is 18.0 Å². The minimum Gasteiger partial charge on any atom is -0.350 e. The molecule has 1 aromatic carbocycles. The van der Waals surface area contributed by atoms with Crippen molar-refractivity contribution < 1.29 is 9.47 Å². The molecule has 1 aliphatic heterocycles. The van der Waals surface area contributed by atoms with Crippen LogP contribution in [0.25, 0.3) is 0 Å². The maximum Gasteiger partial charge on any atom is 0.159 e. The molecular weight excluding hydrogens is 261 g/mol. The topological polar surface area (TPSA) is 30.5 Å². The molecule has 94 valence electrons. The Balaban J connectivity index is 2.13. The first kappa shape index (κ1) is 13.1. The van der Waals surface area contributed by atoms with Gasteiger partial charge in [-0.05, 0) is 18.7 Å². The quantitative estimate of drug-likeness (QED) is 0.917. The van der Waals surface area contributed by atoms with Gasteiger partial charge in [0.15, 0.2) is 6.29 Å². The summed E-state index contributed by atoms with van der Waals surface area (Å²) in [7, 11) is 1.89. The largest absolute Gasteiger partial charge is 0.350 e. The molecule has 17 heavy (non-hydrogen) atoms. The molecule has 1 heterocycles. The molecule has 1 saturated heterocycles. The monoisotopic (exact) mass is 275 g/mol. The molecule has 0 aromatic heterocycles. The minimum absolute atomic E-state index is 0.0734. The van der Waals surface area contributed by atoms with E-state index in [-0.39, 0.29) is 12.3 Å². The van der Waals surface area contributed by atoms with Crippen LogP contribution >= 0.6 is 23.2 Å². The third kappa shape index (κ3) is 3.12. The number of hydrogen-bond acceptors (Lipinski definition) is 3. The molecule has 5 heteroatoms. The Bertz CT molecular complexity index is 381. The Morgan fingerprint density at radius 2 is 2.06 bits per heavy atom. The molecule has 0 aliphatic carbocycles. The Morgan fingerprint density at radius 3 is 2.71 bits per heavy atom. The highest BCUT2D eigenvalue weighted by Gasteiger charge is 2.23. The molecule has 0 radical (unpaired) electrons. The van der Waals surface area contributed by atoms with E-state index in [9.17, 15) is 0 Å². The van der Waals surface area contributed by atoms with Crippen molar-refractivity contribution in [1.29, 1.82) is 0 Å². The van der Waals surface area contributed by atoms with Crippen molar-refractivity contribution >= 4 is 23.2 Å². The van der Waals surface area contributed by atoms with Crippen molar-refractivity contribution in [1.82, 2.24) is 5.32 Å². The summed E-state index contributed by atoms with van der Waals surface area (Å²) in [5.74, 6) is 0. The lowest BCUT2D eigenvalue weighted by atomic mass is 10.0. The van der Waals surface area contributed by atoms with E-state index in [1.54, 1.807) is 6.07 Å². The Morgan fingerprint density at radius 1 is 1.35 bits per heavy atom. The van der Waals surface area contributed by atoms with E-state index in [1.807, 2.05) is 19.2 Å². The van der Waals surface area contributed by atoms with Crippen LogP contribution in [0, 0.1) is 0 Å². The average Bonchev–Trinajstić information content (AvgIpc) is 2.83. The van der Waals surface area contributed by atoms with Gasteiger partial charge < -0.3 is 14.8 Å². The molecule has 0 amide bonds. The molecular formula is C12H15Cl2NO2. The Hall–Kier alpha value is -0.320. The number of hydrogen-bond donors (Lipinski definition) is 1. The van der Waals surface area contributed by atoms with Gasteiger partial charge in [-0.15, -0.1) is 0 Å². The van der Waals surface area contributed by atoms with Crippen molar-refractivity contribution in [3.05, 3.63) is 33.8 Å². The summed E-state index contributed by atoms with van der Waals surface area (Å²) in [6.07, 6.45) is 0.554. The molecule has 3 nitrogen and oxygen atoms in total. The molecule has 0 bridgehead atoms. The summed E-state index contributed by atoms with van der Waals surface area (Å²) in [5, 5.41) is 4.37. The van der Waals surface area contributed by atoms with E-state index >= 15 is 0 Å². The zero-order valence-electron chi connectivity index (χ0n) is 9.58. The maximum atomic E-state index is 6.20. The van der Waals surface area contributed by atoms with Gasteiger partial charge in [0.1, 0.15) is 0 Å². The number of ether oxygens (including phenoxy) is 2. The van der Waals surface area contributed by atoms with E-state index in [0.29, 0.717) is 23.3 Å². The van der Waals surface area contributed by atoms with Gasteiger partial charge in [0, 0.05) is 12.5 Å². The van der Waals surface area contributed by atoms with Gasteiger partial charge in [0.25, 0.3) is 0 Å². The van der Waals surface area contributed by atoms with Crippen molar-refractivity contribution in [2.45, 2.75) is 18.8 Å². The van der Waals surface area contributed by atoms with Gasteiger partial charge in [-0.1, -0.05) is 35.3 Å². The second-order valence-electron chi connectivity index (χ2n) is 3.89. The second kappa shape index (κ2) is 6.03. The van der Waals surface area contributed by atoms with E-state index in [2.05, 4.69) is 5.32 Å². The summed E-state index contributed by atoms with van der Waals surface area (Å²) in [6, 6.07) is 5.71. The average molecular weight is 276 g/mol. The van der Waals surface area contributed by atoms with Crippen LogP contribution in [0.2, 0.25) is 10.0 Å². The molecule has 1 unspecified atom stereocenters. The van der Waals surface area contributed by atoms with Crippen LogP contribution in [0.3, 0.4) is 0 Å². The lowest BCUT2D eigenvalue weighted by molar-refractivity contribution is -0.0526. The maximum absolute atomic E-state index is 6.20.